The molecule has 3 atom stereocenters. The molecule has 3 heterocycles. The maximum Gasteiger partial charge on any atom is 0.418 e. The lowest BCUT2D eigenvalue weighted by atomic mass is 9.80. The van der Waals surface area contributed by atoms with Gasteiger partial charge in [-0.1, -0.05) is 18.2 Å². The van der Waals surface area contributed by atoms with Gasteiger partial charge < -0.3 is 18.8 Å². The van der Waals surface area contributed by atoms with Crippen molar-refractivity contribution in [2.24, 2.45) is 5.92 Å². The SMILES string of the molecule is COC(=O)n1c2c(c3ccccc31)C(=O)C(Cn1ccnc1C)C1OC(=O)/C=C\C(=O)OC21. The van der Waals surface area contributed by atoms with Crippen molar-refractivity contribution in [2.45, 2.75) is 25.7 Å². The van der Waals surface area contributed by atoms with Gasteiger partial charge in [-0.25, -0.2) is 23.9 Å². The number of methoxy groups -OCH3 is 1. The summed E-state index contributed by atoms with van der Waals surface area (Å²) in [5.74, 6) is -2.15. The minimum absolute atomic E-state index is 0.119. The van der Waals surface area contributed by atoms with Crippen molar-refractivity contribution in [2.75, 3.05) is 7.11 Å². The van der Waals surface area contributed by atoms with Gasteiger partial charge in [-0.2, -0.15) is 0 Å². The molecule has 5 rings (SSSR count). The highest BCUT2D eigenvalue weighted by molar-refractivity contribution is 6.14. The molecule has 2 aliphatic rings. The van der Waals surface area contributed by atoms with Crippen LogP contribution in [-0.2, 0) is 30.3 Å². The van der Waals surface area contributed by atoms with Crippen molar-refractivity contribution >= 4 is 34.7 Å². The third-order valence-corrected chi connectivity index (χ3v) is 5.98. The largest absolute Gasteiger partial charge is 0.454 e. The zero-order valence-electron chi connectivity index (χ0n) is 17.8. The molecule has 3 unspecified atom stereocenters. The van der Waals surface area contributed by atoms with Crippen LogP contribution in [-0.4, -0.2) is 51.1 Å². The van der Waals surface area contributed by atoms with Gasteiger partial charge >= 0.3 is 18.0 Å². The molecule has 0 fully saturated rings. The van der Waals surface area contributed by atoms with E-state index < -0.39 is 36.2 Å². The van der Waals surface area contributed by atoms with Gasteiger partial charge in [-0.15, -0.1) is 0 Å². The summed E-state index contributed by atoms with van der Waals surface area (Å²) in [4.78, 5) is 55.7. The summed E-state index contributed by atoms with van der Waals surface area (Å²) < 4.78 is 19.2. The summed E-state index contributed by atoms with van der Waals surface area (Å²) in [7, 11) is 1.21. The maximum absolute atomic E-state index is 13.9. The van der Waals surface area contributed by atoms with Crippen molar-refractivity contribution in [3.63, 3.8) is 0 Å². The first kappa shape index (κ1) is 20.7. The van der Waals surface area contributed by atoms with Gasteiger partial charge in [-0.05, 0) is 13.0 Å². The van der Waals surface area contributed by atoms with Crippen LogP contribution in [0.5, 0.6) is 0 Å². The van der Waals surface area contributed by atoms with E-state index in [2.05, 4.69) is 4.98 Å². The molecule has 0 saturated carbocycles. The minimum atomic E-state index is -1.21. The Bertz CT molecular complexity index is 1350. The molecule has 2 aromatic heterocycles. The third-order valence-electron chi connectivity index (χ3n) is 5.98. The van der Waals surface area contributed by atoms with Crippen LogP contribution in [0, 0.1) is 12.8 Å². The molecule has 10 nitrogen and oxygen atoms in total. The molecule has 10 heteroatoms. The summed E-state index contributed by atoms with van der Waals surface area (Å²) in [5.41, 5.74) is 0.766. The number of hydrogen-bond acceptors (Lipinski definition) is 8. The molecule has 0 spiro atoms. The zero-order chi connectivity index (χ0) is 23.3. The zero-order valence-corrected chi connectivity index (χ0v) is 17.8. The Morgan fingerprint density at radius 1 is 1.12 bits per heavy atom. The van der Waals surface area contributed by atoms with Crippen molar-refractivity contribution in [3.05, 3.63) is 65.9 Å². The number of nitrogens with zero attached hydrogens (tertiary/aromatic N) is 3. The van der Waals surface area contributed by atoms with Crippen molar-refractivity contribution in [1.82, 2.24) is 14.1 Å². The van der Waals surface area contributed by atoms with Crippen LogP contribution in [0.1, 0.15) is 28.0 Å². The van der Waals surface area contributed by atoms with E-state index in [-0.39, 0.29) is 23.6 Å². The number of rotatable bonds is 2. The number of ketones is 1. The average molecular weight is 449 g/mol. The minimum Gasteiger partial charge on any atom is -0.454 e. The van der Waals surface area contributed by atoms with E-state index in [0.29, 0.717) is 16.7 Å². The molecule has 1 aliphatic heterocycles. The van der Waals surface area contributed by atoms with Gasteiger partial charge in [0.25, 0.3) is 0 Å². The van der Waals surface area contributed by atoms with E-state index >= 15 is 0 Å². The smallest absolute Gasteiger partial charge is 0.418 e. The van der Waals surface area contributed by atoms with Gasteiger partial charge in [0.2, 0.25) is 0 Å². The summed E-state index contributed by atoms with van der Waals surface area (Å²) in [5, 5.41) is 0.508. The lowest BCUT2D eigenvalue weighted by Crippen LogP contribution is -2.46. The molecule has 0 bridgehead atoms. The van der Waals surface area contributed by atoms with Crippen LogP contribution in [0.2, 0.25) is 0 Å². The fourth-order valence-corrected chi connectivity index (χ4v) is 4.51. The van der Waals surface area contributed by atoms with Crippen LogP contribution in [0.3, 0.4) is 0 Å². The molecule has 3 aromatic rings. The van der Waals surface area contributed by atoms with Gasteiger partial charge in [-0.3, -0.25) is 4.79 Å². The first-order chi connectivity index (χ1) is 15.9. The van der Waals surface area contributed by atoms with Crippen LogP contribution < -0.4 is 0 Å². The predicted octanol–water partition coefficient (Wildman–Crippen LogP) is 2.34. The van der Waals surface area contributed by atoms with Crippen molar-refractivity contribution in [3.8, 4) is 0 Å². The second-order valence-corrected chi connectivity index (χ2v) is 7.77. The van der Waals surface area contributed by atoms with Gasteiger partial charge in [0, 0.05) is 36.5 Å². The van der Waals surface area contributed by atoms with E-state index in [9.17, 15) is 19.2 Å². The Hall–Kier alpha value is -4.21. The number of imidazole rings is 1. The van der Waals surface area contributed by atoms with Crippen molar-refractivity contribution < 1.29 is 33.4 Å². The molecular formula is C23H19N3O7. The first-order valence-corrected chi connectivity index (χ1v) is 10.2. The highest BCUT2D eigenvalue weighted by Crippen LogP contribution is 2.44. The molecule has 0 radical (unpaired) electrons. The second-order valence-electron chi connectivity index (χ2n) is 7.77. The number of carbonyl (C=O) groups is 4. The number of Topliss-reactive ketones (excluding diaryl/α,β-unsaturated/α-hetero) is 1. The van der Waals surface area contributed by atoms with E-state index in [4.69, 9.17) is 14.2 Å². The molecule has 1 aliphatic carbocycles. The monoisotopic (exact) mass is 449 g/mol. The maximum atomic E-state index is 13.9. The predicted molar refractivity (Wildman–Crippen MR) is 112 cm³/mol. The molecular weight excluding hydrogens is 430 g/mol. The Balaban J connectivity index is 1.78. The van der Waals surface area contributed by atoms with Crippen LogP contribution >= 0.6 is 0 Å². The molecule has 0 N–H and O–H groups in total. The Morgan fingerprint density at radius 3 is 2.55 bits per heavy atom. The van der Waals surface area contributed by atoms with E-state index in [1.165, 1.54) is 11.7 Å². The number of esters is 2. The average Bonchev–Trinajstić information content (AvgIpc) is 3.36. The number of hydrogen-bond donors (Lipinski definition) is 0. The molecule has 1 aromatic carbocycles. The van der Waals surface area contributed by atoms with Crippen LogP contribution in [0.4, 0.5) is 4.79 Å². The summed E-state index contributed by atoms with van der Waals surface area (Å²) in [6.07, 6.45) is 2.08. The van der Waals surface area contributed by atoms with Crippen molar-refractivity contribution in [1.29, 1.82) is 0 Å². The van der Waals surface area contributed by atoms with E-state index in [0.717, 1.165) is 12.2 Å². The molecule has 33 heavy (non-hydrogen) atoms. The number of para-hydroxylation sites is 1. The molecule has 168 valence electrons. The number of benzene rings is 1. The quantitative estimate of drug-likeness (QED) is 0.432. The van der Waals surface area contributed by atoms with Gasteiger partial charge in [0.05, 0.1) is 29.8 Å². The summed E-state index contributed by atoms with van der Waals surface area (Å²) in [6.45, 7) is 1.92. The Morgan fingerprint density at radius 2 is 1.85 bits per heavy atom. The molecule has 0 amide bonds. The second kappa shape index (κ2) is 7.73. The number of carbonyl (C=O) groups excluding carboxylic acids is 4. The lowest BCUT2D eigenvalue weighted by molar-refractivity contribution is -0.169. The fraction of sp³-hybridized carbons (Fsp3) is 0.261. The highest BCUT2D eigenvalue weighted by Gasteiger charge is 2.51. The topological polar surface area (TPSA) is 119 Å². The molecule has 0 saturated heterocycles. The van der Waals surface area contributed by atoms with E-state index in [1.54, 1.807) is 48.1 Å². The standard InChI is InChI=1S/C23H19N3O7/c1-12-24-9-10-25(12)11-14-20(29)18-13-5-3-4-6-15(13)26(23(30)31-2)19(18)22-21(14)32-16(27)7-8-17(28)33-22/h3-10,14,21-22H,11H2,1-2H3/b8-7-. The number of aryl methyl sites for hydroxylation is 1. The first-order valence-electron chi connectivity index (χ1n) is 10.2. The summed E-state index contributed by atoms with van der Waals surface area (Å²) >= 11 is 0. The number of ether oxygens (including phenoxy) is 3. The summed E-state index contributed by atoms with van der Waals surface area (Å²) in [6, 6.07) is 6.83. The van der Waals surface area contributed by atoms with Gasteiger partial charge in [0.1, 0.15) is 5.82 Å². The Kier molecular flexibility index (Phi) is 4.85. The number of fused-ring (bicyclic) bond motifs is 5. The van der Waals surface area contributed by atoms with Gasteiger partial charge in [0.15, 0.2) is 18.0 Å². The van der Waals surface area contributed by atoms with E-state index in [1.807, 2.05) is 0 Å². The number of aromatic nitrogens is 3. The van der Waals surface area contributed by atoms with Crippen LogP contribution in [0.25, 0.3) is 10.9 Å². The third kappa shape index (κ3) is 3.22. The van der Waals surface area contributed by atoms with Crippen LogP contribution in [0.15, 0.2) is 48.8 Å². The Labute approximate surface area is 187 Å². The lowest BCUT2D eigenvalue weighted by Gasteiger charge is -2.37. The highest BCUT2D eigenvalue weighted by atomic mass is 16.6. The normalized spacial score (nSPS) is 23.1. The fourth-order valence-electron chi connectivity index (χ4n) is 4.51.